The summed E-state index contributed by atoms with van der Waals surface area (Å²) in [6.07, 6.45) is 4.42. The van der Waals surface area contributed by atoms with E-state index in [2.05, 4.69) is 0 Å². The first-order valence-corrected chi connectivity index (χ1v) is 6.60. The Hall–Kier alpha value is -1.71. The average Bonchev–Trinajstić information content (AvgIpc) is 2.47. The normalized spacial score (nSPS) is 17.8. The number of carboxylic acid groups (broad SMARTS) is 1. The lowest BCUT2D eigenvalue weighted by Gasteiger charge is -2.34. The SMILES string of the molecule is COc1ccc(C2(C(=O)O)CCCCC2)cc1OC. The van der Waals surface area contributed by atoms with Crippen molar-refractivity contribution in [3.8, 4) is 11.5 Å². The van der Waals surface area contributed by atoms with Crippen LogP contribution in [0.25, 0.3) is 0 Å². The fraction of sp³-hybridized carbons (Fsp3) is 0.533. The Bertz CT molecular complexity index is 461. The lowest BCUT2D eigenvalue weighted by molar-refractivity contribution is -0.145. The summed E-state index contributed by atoms with van der Waals surface area (Å²) in [7, 11) is 3.14. The number of methoxy groups -OCH3 is 2. The Kier molecular flexibility index (Phi) is 3.98. The number of hydrogen-bond acceptors (Lipinski definition) is 3. The van der Waals surface area contributed by atoms with Crippen molar-refractivity contribution in [2.45, 2.75) is 37.5 Å². The van der Waals surface area contributed by atoms with Crippen LogP contribution in [0.1, 0.15) is 37.7 Å². The second-order valence-corrected chi connectivity index (χ2v) is 5.02. The molecule has 0 bridgehead atoms. The fourth-order valence-corrected chi connectivity index (χ4v) is 2.92. The van der Waals surface area contributed by atoms with Gasteiger partial charge in [-0.05, 0) is 30.5 Å². The van der Waals surface area contributed by atoms with Crippen molar-refractivity contribution in [3.05, 3.63) is 23.8 Å². The molecule has 19 heavy (non-hydrogen) atoms. The summed E-state index contributed by atoms with van der Waals surface area (Å²) in [5, 5.41) is 9.66. The highest BCUT2D eigenvalue weighted by molar-refractivity contribution is 5.82. The van der Waals surface area contributed by atoms with E-state index in [9.17, 15) is 9.90 Å². The van der Waals surface area contributed by atoms with Gasteiger partial charge in [0.15, 0.2) is 11.5 Å². The molecule has 0 aliphatic heterocycles. The summed E-state index contributed by atoms with van der Waals surface area (Å²) >= 11 is 0. The highest BCUT2D eigenvalue weighted by Crippen LogP contribution is 2.42. The van der Waals surface area contributed by atoms with E-state index in [0.29, 0.717) is 24.3 Å². The van der Waals surface area contributed by atoms with Crippen molar-refractivity contribution in [3.63, 3.8) is 0 Å². The van der Waals surface area contributed by atoms with Gasteiger partial charge < -0.3 is 14.6 Å². The molecule has 1 aromatic rings. The quantitative estimate of drug-likeness (QED) is 0.908. The minimum atomic E-state index is -0.766. The lowest BCUT2D eigenvalue weighted by atomic mass is 9.69. The summed E-state index contributed by atoms with van der Waals surface area (Å²) in [5.41, 5.74) is 0.0509. The van der Waals surface area contributed by atoms with Crippen LogP contribution in [0.3, 0.4) is 0 Å². The number of rotatable bonds is 4. The number of carbonyl (C=O) groups is 1. The van der Waals surface area contributed by atoms with Crippen LogP contribution in [0.15, 0.2) is 18.2 Å². The van der Waals surface area contributed by atoms with Crippen molar-refractivity contribution < 1.29 is 19.4 Å². The molecule has 1 aliphatic rings. The van der Waals surface area contributed by atoms with Gasteiger partial charge in [0.1, 0.15) is 0 Å². The van der Waals surface area contributed by atoms with Gasteiger partial charge in [0.2, 0.25) is 0 Å². The van der Waals surface area contributed by atoms with Gasteiger partial charge in [-0.25, -0.2) is 0 Å². The van der Waals surface area contributed by atoms with Crippen molar-refractivity contribution in [2.75, 3.05) is 14.2 Å². The molecule has 0 atom stereocenters. The molecule has 1 fully saturated rings. The molecule has 0 amide bonds. The van der Waals surface area contributed by atoms with Crippen LogP contribution in [-0.4, -0.2) is 25.3 Å². The minimum Gasteiger partial charge on any atom is -0.493 e. The van der Waals surface area contributed by atoms with Crippen molar-refractivity contribution in [1.29, 1.82) is 0 Å². The molecule has 4 heteroatoms. The first kappa shape index (κ1) is 13.7. The van der Waals surface area contributed by atoms with Crippen LogP contribution in [0.5, 0.6) is 11.5 Å². The average molecular weight is 264 g/mol. The van der Waals surface area contributed by atoms with Crippen LogP contribution in [0, 0.1) is 0 Å². The van der Waals surface area contributed by atoms with Gasteiger partial charge in [-0.2, -0.15) is 0 Å². The highest BCUT2D eigenvalue weighted by Gasteiger charge is 2.41. The second-order valence-electron chi connectivity index (χ2n) is 5.02. The van der Waals surface area contributed by atoms with Crippen LogP contribution in [0.2, 0.25) is 0 Å². The highest BCUT2D eigenvalue weighted by atomic mass is 16.5. The molecule has 1 N–H and O–H groups in total. The Morgan fingerprint density at radius 1 is 1.11 bits per heavy atom. The van der Waals surface area contributed by atoms with Gasteiger partial charge in [0.05, 0.1) is 19.6 Å². The molecule has 104 valence electrons. The number of hydrogen-bond donors (Lipinski definition) is 1. The second kappa shape index (κ2) is 5.51. The smallest absolute Gasteiger partial charge is 0.314 e. The molecule has 2 rings (SSSR count). The van der Waals surface area contributed by atoms with E-state index in [-0.39, 0.29) is 0 Å². The standard InChI is InChI=1S/C15H20O4/c1-18-12-7-6-11(10-13(12)19-2)15(14(16)17)8-4-3-5-9-15/h6-7,10H,3-5,8-9H2,1-2H3,(H,16,17). The third kappa shape index (κ3) is 2.39. The first-order valence-electron chi connectivity index (χ1n) is 6.60. The van der Waals surface area contributed by atoms with E-state index >= 15 is 0 Å². The van der Waals surface area contributed by atoms with E-state index in [4.69, 9.17) is 9.47 Å². The van der Waals surface area contributed by atoms with Crippen molar-refractivity contribution in [2.24, 2.45) is 0 Å². The van der Waals surface area contributed by atoms with Gasteiger partial charge in [-0.15, -0.1) is 0 Å². The molecular weight excluding hydrogens is 244 g/mol. The van der Waals surface area contributed by atoms with E-state index in [1.807, 2.05) is 6.07 Å². The summed E-state index contributed by atoms with van der Waals surface area (Å²) in [4.78, 5) is 11.8. The predicted octanol–water partition coefficient (Wildman–Crippen LogP) is 2.99. The first-order chi connectivity index (χ1) is 9.14. The zero-order valence-electron chi connectivity index (χ0n) is 11.4. The Morgan fingerprint density at radius 3 is 2.26 bits per heavy atom. The van der Waals surface area contributed by atoms with Gasteiger partial charge in [-0.3, -0.25) is 4.79 Å². The van der Waals surface area contributed by atoms with Gasteiger partial charge in [0, 0.05) is 0 Å². The summed E-state index contributed by atoms with van der Waals surface area (Å²) in [5.74, 6) is 0.480. The maximum atomic E-state index is 11.8. The third-order valence-electron chi connectivity index (χ3n) is 4.05. The van der Waals surface area contributed by atoms with E-state index in [1.54, 1.807) is 26.4 Å². The zero-order chi connectivity index (χ0) is 13.9. The summed E-state index contributed by atoms with van der Waals surface area (Å²) < 4.78 is 10.5. The molecule has 0 radical (unpaired) electrons. The van der Waals surface area contributed by atoms with Crippen LogP contribution in [-0.2, 0) is 10.2 Å². The van der Waals surface area contributed by atoms with Crippen LogP contribution < -0.4 is 9.47 Å². The Labute approximate surface area is 113 Å². The molecule has 1 aromatic carbocycles. The minimum absolute atomic E-state index is 0.589. The molecule has 1 saturated carbocycles. The van der Waals surface area contributed by atoms with Crippen molar-refractivity contribution in [1.82, 2.24) is 0 Å². The van der Waals surface area contributed by atoms with Gasteiger partial charge in [-0.1, -0.05) is 25.3 Å². The summed E-state index contributed by atoms with van der Waals surface area (Å²) in [6, 6.07) is 5.44. The largest absolute Gasteiger partial charge is 0.493 e. The molecule has 0 unspecified atom stereocenters. The number of ether oxygens (including phenoxy) is 2. The van der Waals surface area contributed by atoms with Crippen LogP contribution >= 0.6 is 0 Å². The fourth-order valence-electron chi connectivity index (χ4n) is 2.92. The Balaban J connectivity index is 2.45. The lowest BCUT2D eigenvalue weighted by Crippen LogP contribution is -2.37. The molecule has 0 spiro atoms. The van der Waals surface area contributed by atoms with Gasteiger partial charge in [0.25, 0.3) is 0 Å². The monoisotopic (exact) mass is 264 g/mol. The Morgan fingerprint density at radius 2 is 1.74 bits per heavy atom. The molecule has 0 aromatic heterocycles. The topological polar surface area (TPSA) is 55.8 Å². The number of aliphatic carboxylic acids is 1. The van der Waals surface area contributed by atoms with Crippen LogP contribution in [0.4, 0.5) is 0 Å². The van der Waals surface area contributed by atoms with Crippen molar-refractivity contribution >= 4 is 5.97 Å². The van der Waals surface area contributed by atoms with E-state index in [1.165, 1.54) is 0 Å². The molecule has 4 nitrogen and oxygen atoms in total. The summed E-state index contributed by atoms with van der Waals surface area (Å²) in [6.45, 7) is 0. The zero-order valence-corrected chi connectivity index (χ0v) is 11.4. The van der Waals surface area contributed by atoms with Gasteiger partial charge >= 0.3 is 5.97 Å². The molecule has 0 heterocycles. The number of carboxylic acids is 1. The third-order valence-corrected chi connectivity index (χ3v) is 4.05. The predicted molar refractivity (Wildman–Crippen MR) is 71.9 cm³/mol. The van der Waals surface area contributed by atoms with E-state index < -0.39 is 11.4 Å². The van der Waals surface area contributed by atoms with E-state index in [0.717, 1.165) is 24.8 Å². The molecular formula is C15H20O4. The maximum Gasteiger partial charge on any atom is 0.314 e. The molecule has 1 aliphatic carbocycles. The molecule has 0 saturated heterocycles. The number of benzene rings is 1. The maximum absolute atomic E-state index is 11.8.